The maximum atomic E-state index is 5.94. The van der Waals surface area contributed by atoms with E-state index >= 15 is 0 Å². The molecule has 0 aliphatic heterocycles. The summed E-state index contributed by atoms with van der Waals surface area (Å²) in [6, 6.07) is 7.87. The largest absolute Gasteiger partial charge is 0.256 e. The first kappa shape index (κ1) is 8.26. The van der Waals surface area contributed by atoms with Crippen LogP contribution in [0.1, 0.15) is 0 Å². The number of pyridine rings is 1. The van der Waals surface area contributed by atoms with Gasteiger partial charge in [0.2, 0.25) is 0 Å². The molecule has 12 heavy (non-hydrogen) atoms. The topological polar surface area (TPSA) is 12.9 Å². The molecule has 3 heteroatoms. The SMILES string of the molecule is Clc1cc2ncccc2cc1I. The molecule has 1 aromatic heterocycles. The molecule has 0 radical (unpaired) electrons. The van der Waals surface area contributed by atoms with Gasteiger partial charge >= 0.3 is 0 Å². The zero-order valence-corrected chi connectivity index (χ0v) is 9.00. The van der Waals surface area contributed by atoms with Crippen LogP contribution in [-0.2, 0) is 0 Å². The maximum absolute atomic E-state index is 5.94. The van der Waals surface area contributed by atoms with Gasteiger partial charge in [0.15, 0.2) is 0 Å². The second kappa shape index (κ2) is 3.18. The summed E-state index contributed by atoms with van der Waals surface area (Å²) in [5.41, 5.74) is 0.947. The monoisotopic (exact) mass is 289 g/mol. The number of rotatable bonds is 0. The lowest BCUT2D eigenvalue weighted by atomic mass is 10.2. The van der Waals surface area contributed by atoms with Crippen LogP contribution >= 0.6 is 34.2 Å². The molecule has 0 spiro atoms. The molecule has 0 bridgehead atoms. The van der Waals surface area contributed by atoms with Crippen LogP contribution in [0.5, 0.6) is 0 Å². The fourth-order valence-corrected chi connectivity index (χ4v) is 1.72. The smallest absolute Gasteiger partial charge is 0.0717 e. The number of aromatic nitrogens is 1. The van der Waals surface area contributed by atoms with E-state index in [0.717, 1.165) is 19.5 Å². The van der Waals surface area contributed by atoms with Crippen molar-refractivity contribution in [1.82, 2.24) is 4.98 Å². The Kier molecular flexibility index (Phi) is 2.19. The van der Waals surface area contributed by atoms with E-state index in [1.54, 1.807) is 6.20 Å². The number of fused-ring (bicyclic) bond motifs is 1. The lowest BCUT2D eigenvalue weighted by Crippen LogP contribution is -1.79. The lowest BCUT2D eigenvalue weighted by Gasteiger charge is -1.98. The predicted octanol–water partition coefficient (Wildman–Crippen LogP) is 3.49. The van der Waals surface area contributed by atoms with Gasteiger partial charge in [-0.15, -0.1) is 0 Å². The van der Waals surface area contributed by atoms with E-state index in [-0.39, 0.29) is 0 Å². The van der Waals surface area contributed by atoms with E-state index in [9.17, 15) is 0 Å². The van der Waals surface area contributed by atoms with Gasteiger partial charge in [-0.05, 0) is 40.8 Å². The third-order valence-electron chi connectivity index (χ3n) is 1.65. The summed E-state index contributed by atoms with van der Waals surface area (Å²) in [4.78, 5) is 4.20. The minimum absolute atomic E-state index is 0.766. The molecule has 0 amide bonds. The zero-order valence-electron chi connectivity index (χ0n) is 6.09. The van der Waals surface area contributed by atoms with Crippen molar-refractivity contribution in [1.29, 1.82) is 0 Å². The van der Waals surface area contributed by atoms with E-state index in [0.29, 0.717) is 0 Å². The van der Waals surface area contributed by atoms with Gasteiger partial charge in [-0.1, -0.05) is 17.7 Å². The van der Waals surface area contributed by atoms with Crippen LogP contribution in [0, 0.1) is 3.57 Å². The Bertz CT molecular complexity index is 387. The first-order valence-electron chi connectivity index (χ1n) is 3.47. The molecule has 60 valence electrons. The minimum Gasteiger partial charge on any atom is -0.256 e. The van der Waals surface area contributed by atoms with Crippen LogP contribution in [0.4, 0.5) is 0 Å². The van der Waals surface area contributed by atoms with Crippen LogP contribution in [-0.4, -0.2) is 4.98 Å². The molecule has 0 atom stereocenters. The van der Waals surface area contributed by atoms with Gasteiger partial charge < -0.3 is 0 Å². The summed E-state index contributed by atoms with van der Waals surface area (Å²) in [6.07, 6.45) is 1.77. The standard InChI is InChI=1S/C9H5ClIN/c10-7-5-9-6(4-8(7)11)2-1-3-12-9/h1-5H. The Hall–Kier alpha value is -0.350. The van der Waals surface area contributed by atoms with E-state index in [1.165, 1.54) is 0 Å². The molecule has 0 unspecified atom stereocenters. The molecule has 0 saturated carbocycles. The number of halogens is 2. The molecule has 0 aliphatic carbocycles. The third kappa shape index (κ3) is 1.41. The Balaban J connectivity index is 2.84. The van der Waals surface area contributed by atoms with Crippen molar-refractivity contribution in [3.63, 3.8) is 0 Å². The van der Waals surface area contributed by atoms with Gasteiger partial charge in [0.1, 0.15) is 0 Å². The van der Waals surface area contributed by atoms with Crippen molar-refractivity contribution in [2.24, 2.45) is 0 Å². The first-order chi connectivity index (χ1) is 5.77. The highest BCUT2D eigenvalue weighted by molar-refractivity contribution is 14.1. The molecule has 1 aromatic carbocycles. The molecule has 1 heterocycles. The van der Waals surface area contributed by atoms with Crippen LogP contribution < -0.4 is 0 Å². The zero-order chi connectivity index (χ0) is 8.55. The van der Waals surface area contributed by atoms with Gasteiger partial charge in [-0.2, -0.15) is 0 Å². The van der Waals surface area contributed by atoms with Gasteiger partial charge in [-0.25, -0.2) is 0 Å². The number of nitrogens with zero attached hydrogens (tertiary/aromatic N) is 1. The lowest BCUT2D eigenvalue weighted by molar-refractivity contribution is 1.41. The fraction of sp³-hybridized carbons (Fsp3) is 0. The van der Waals surface area contributed by atoms with E-state index in [1.807, 2.05) is 24.3 Å². The van der Waals surface area contributed by atoms with Crippen LogP contribution in [0.3, 0.4) is 0 Å². The van der Waals surface area contributed by atoms with Crippen molar-refractivity contribution in [2.45, 2.75) is 0 Å². The molecule has 0 aliphatic rings. The average Bonchev–Trinajstić information content (AvgIpc) is 2.07. The Morgan fingerprint density at radius 3 is 3.00 bits per heavy atom. The molecule has 0 N–H and O–H groups in total. The Morgan fingerprint density at radius 1 is 1.33 bits per heavy atom. The number of benzene rings is 1. The summed E-state index contributed by atoms with van der Waals surface area (Å²) in [6.45, 7) is 0. The maximum Gasteiger partial charge on any atom is 0.0717 e. The molecule has 2 rings (SSSR count). The highest BCUT2D eigenvalue weighted by atomic mass is 127. The highest BCUT2D eigenvalue weighted by Crippen LogP contribution is 2.23. The molecular weight excluding hydrogens is 284 g/mol. The van der Waals surface area contributed by atoms with Crippen LogP contribution in [0.25, 0.3) is 10.9 Å². The quantitative estimate of drug-likeness (QED) is 0.677. The first-order valence-corrected chi connectivity index (χ1v) is 4.93. The van der Waals surface area contributed by atoms with Gasteiger partial charge in [-0.3, -0.25) is 4.98 Å². The second-order valence-corrected chi connectivity index (χ2v) is 4.03. The summed E-state index contributed by atoms with van der Waals surface area (Å²) in [7, 11) is 0. The summed E-state index contributed by atoms with van der Waals surface area (Å²) in [5, 5.41) is 1.90. The second-order valence-electron chi connectivity index (χ2n) is 2.46. The van der Waals surface area contributed by atoms with Crippen molar-refractivity contribution in [3.05, 3.63) is 39.1 Å². The molecule has 0 saturated heterocycles. The van der Waals surface area contributed by atoms with Crippen molar-refractivity contribution in [3.8, 4) is 0 Å². The van der Waals surface area contributed by atoms with Gasteiger partial charge in [0.25, 0.3) is 0 Å². The van der Waals surface area contributed by atoms with Gasteiger partial charge in [0, 0.05) is 15.2 Å². The minimum atomic E-state index is 0.766. The van der Waals surface area contributed by atoms with Crippen LogP contribution in [0.15, 0.2) is 30.5 Å². The molecule has 1 nitrogen and oxygen atoms in total. The van der Waals surface area contributed by atoms with Crippen molar-refractivity contribution < 1.29 is 0 Å². The summed E-state index contributed by atoms with van der Waals surface area (Å²) >= 11 is 8.15. The van der Waals surface area contributed by atoms with Crippen molar-refractivity contribution >= 4 is 45.1 Å². The molecular formula is C9H5ClIN. The van der Waals surface area contributed by atoms with E-state index in [2.05, 4.69) is 27.6 Å². The molecule has 2 aromatic rings. The third-order valence-corrected chi connectivity index (χ3v) is 3.17. The van der Waals surface area contributed by atoms with Gasteiger partial charge in [0.05, 0.1) is 10.5 Å². The van der Waals surface area contributed by atoms with E-state index in [4.69, 9.17) is 11.6 Å². The predicted molar refractivity (Wildman–Crippen MR) is 59.5 cm³/mol. The number of hydrogen-bond donors (Lipinski definition) is 0. The highest BCUT2D eigenvalue weighted by Gasteiger charge is 1.99. The van der Waals surface area contributed by atoms with Crippen LogP contribution in [0.2, 0.25) is 5.02 Å². The number of hydrogen-bond acceptors (Lipinski definition) is 1. The Morgan fingerprint density at radius 2 is 2.17 bits per heavy atom. The normalized spacial score (nSPS) is 10.5. The Labute approximate surface area is 88.9 Å². The average molecular weight is 290 g/mol. The summed E-state index contributed by atoms with van der Waals surface area (Å²) in [5.74, 6) is 0. The fourth-order valence-electron chi connectivity index (χ4n) is 1.07. The molecule has 0 fully saturated rings. The summed E-state index contributed by atoms with van der Waals surface area (Å²) < 4.78 is 1.06. The van der Waals surface area contributed by atoms with E-state index < -0.39 is 0 Å². The van der Waals surface area contributed by atoms with Crippen molar-refractivity contribution in [2.75, 3.05) is 0 Å².